The second kappa shape index (κ2) is 20.6. The fourth-order valence-corrected chi connectivity index (χ4v) is 3.35. The molecule has 0 fully saturated rings. The lowest BCUT2D eigenvalue weighted by Crippen LogP contribution is -2.51. The molecular formula is C24H47N2O2+. The summed E-state index contributed by atoms with van der Waals surface area (Å²) in [4.78, 5) is 23.5. The minimum absolute atomic E-state index is 0.0156. The Labute approximate surface area is 174 Å². The van der Waals surface area contributed by atoms with Gasteiger partial charge in [0.2, 0.25) is 5.91 Å². The van der Waals surface area contributed by atoms with Gasteiger partial charge in [-0.2, -0.15) is 0 Å². The van der Waals surface area contributed by atoms with Gasteiger partial charge >= 0.3 is 0 Å². The molecule has 0 bridgehead atoms. The normalized spacial score (nSPS) is 12.4. The van der Waals surface area contributed by atoms with Gasteiger partial charge in [-0.1, -0.05) is 70.4 Å². The monoisotopic (exact) mass is 395 g/mol. The van der Waals surface area contributed by atoms with E-state index < -0.39 is 0 Å². The van der Waals surface area contributed by atoms with E-state index >= 15 is 0 Å². The fourth-order valence-electron chi connectivity index (χ4n) is 3.35. The summed E-state index contributed by atoms with van der Waals surface area (Å²) in [5.41, 5.74) is 3.79. The number of allylic oxidation sites excluding steroid dienone is 2. The van der Waals surface area contributed by atoms with Crippen molar-refractivity contribution in [2.45, 2.75) is 123 Å². The predicted octanol–water partition coefficient (Wildman–Crippen LogP) is 5.12. The SMILES string of the molecule is CCCCCCCC/C=C\CCCCCCCC(=O)N[C@@H](CCC[NH3+])C(C)=O. The molecule has 0 saturated carbocycles. The first-order valence-corrected chi connectivity index (χ1v) is 11.9. The maximum absolute atomic E-state index is 12.0. The van der Waals surface area contributed by atoms with Crippen LogP contribution in [0.15, 0.2) is 12.2 Å². The molecule has 1 atom stereocenters. The number of hydrogen-bond acceptors (Lipinski definition) is 2. The van der Waals surface area contributed by atoms with Crippen molar-refractivity contribution in [3.8, 4) is 0 Å². The molecule has 0 rings (SSSR count). The number of nitrogens with one attached hydrogen (secondary N) is 1. The first-order valence-electron chi connectivity index (χ1n) is 11.9. The van der Waals surface area contributed by atoms with Gasteiger partial charge in [-0.15, -0.1) is 0 Å². The van der Waals surface area contributed by atoms with Gasteiger partial charge in [-0.05, 0) is 51.9 Å². The molecule has 0 aliphatic heterocycles. The third kappa shape index (κ3) is 18.2. The lowest BCUT2D eigenvalue weighted by molar-refractivity contribution is -0.368. The number of carbonyl (C=O) groups excluding carboxylic acids is 2. The van der Waals surface area contributed by atoms with Gasteiger partial charge in [0.15, 0.2) is 5.78 Å². The molecule has 4 nitrogen and oxygen atoms in total. The van der Waals surface area contributed by atoms with E-state index in [0.717, 1.165) is 25.8 Å². The summed E-state index contributed by atoms with van der Waals surface area (Å²) in [5, 5.41) is 2.88. The highest BCUT2D eigenvalue weighted by atomic mass is 16.2. The summed E-state index contributed by atoms with van der Waals surface area (Å²) >= 11 is 0. The number of hydrogen-bond donors (Lipinski definition) is 2. The molecule has 164 valence electrons. The summed E-state index contributed by atoms with van der Waals surface area (Å²) in [6.07, 6.45) is 23.1. The number of Topliss-reactive ketones (excluding diaryl/α,β-unsaturated/α-hetero) is 1. The molecule has 28 heavy (non-hydrogen) atoms. The van der Waals surface area contributed by atoms with Crippen LogP contribution in [0.5, 0.6) is 0 Å². The van der Waals surface area contributed by atoms with E-state index in [1.807, 2.05) is 0 Å². The van der Waals surface area contributed by atoms with Crippen LogP contribution in [0.1, 0.15) is 117 Å². The Hall–Kier alpha value is -1.16. The van der Waals surface area contributed by atoms with Crippen LogP contribution in [0.4, 0.5) is 0 Å². The lowest BCUT2D eigenvalue weighted by Gasteiger charge is -2.15. The number of rotatable bonds is 20. The molecule has 0 saturated heterocycles. The Morgan fingerprint density at radius 2 is 1.36 bits per heavy atom. The number of amides is 1. The molecule has 0 heterocycles. The fraction of sp³-hybridized carbons (Fsp3) is 0.833. The van der Waals surface area contributed by atoms with Crippen LogP contribution < -0.4 is 11.1 Å². The van der Waals surface area contributed by atoms with E-state index in [1.54, 1.807) is 6.92 Å². The second-order valence-corrected chi connectivity index (χ2v) is 8.06. The third-order valence-corrected chi connectivity index (χ3v) is 5.23. The molecule has 0 aromatic heterocycles. The lowest BCUT2D eigenvalue weighted by atomic mass is 10.1. The zero-order chi connectivity index (χ0) is 20.9. The van der Waals surface area contributed by atoms with E-state index in [0.29, 0.717) is 12.8 Å². The van der Waals surface area contributed by atoms with Crippen LogP contribution >= 0.6 is 0 Å². The molecule has 1 amide bonds. The van der Waals surface area contributed by atoms with E-state index in [-0.39, 0.29) is 17.7 Å². The Bertz CT molecular complexity index is 407. The molecular weight excluding hydrogens is 348 g/mol. The molecule has 0 aromatic rings. The molecule has 0 radical (unpaired) electrons. The molecule has 0 unspecified atom stereocenters. The molecule has 0 aliphatic rings. The van der Waals surface area contributed by atoms with Crippen molar-refractivity contribution < 1.29 is 15.3 Å². The van der Waals surface area contributed by atoms with Crippen molar-refractivity contribution in [3.63, 3.8) is 0 Å². The van der Waals surface area contributed by atoms with Gasteiger partial charge in [0, 0.05) is 6.42 Å². The van der Waals surface area contributed by atoms with Crippen LogP contribution in [0, 0.1) is 0 Å². The van der Waals surface area contributed by atoms with Gasteiger partial charge in [-0.3, -0.25) is 9.59 Å². The first-order chi connectivity index (χ1) is 13.6. The summed E-state index contributed by atoms with van der Waals surface area (Å²) < 4.78 is 0. The van der Waals surface area contributed by atoms with Gasteiger partial charge in [0.25, 0.3) is 0 Å². The van der Waals surface area contributed by atoms with E-state index in [1.165, 1.54) is 70.6 Å². The largest absolute Gasteiger partial charge is 0.358 e. The van der Waals surface area contributed by atoms with Crippen LogP contribution in [0.25, 0.3) is 0 Å². The summed E-state index contributed by atoms with van der Waals surface area (Å²) in [5.74, 6) is 0.0632. The first kappa shape index (κ1) is 26.8. The molecule has 0 aliphatic carbocycles. The number of unbranched alkanes of at least 4 members (excludes halogenated alkanes) is 11. The Kier molecular flexibility index (Phi) is 19.7. The highest BCUT2D eigenvalue weighted by Crippen LogP contribution is 2.10. The predicted molar refractivity (Wildman–Crippen MR) is 119 cm³/mol. The maximum atomic E-state index is 12.0. The topological polar surface area (TPSA) is 73.8 Å². The standard InChI is InChI=1S/C24H46N2O2/c1-3-4-5-6-7-8-9-10-11-12-13-14-15-16-17-20-24(28)26-23(22(2)27)19-18-21-25/h10-11,23H,3-9,12-21,25H2,1-2H3,(H,26,28)/p+1/b11-10-/t23-/m0/s1. The highest BCUT2D eigenvalue weighted by Gasteiger charge is 2.16. The Morgan fingerprint density at radius 3 is 1.89 bits per heavy atom. The zero-order valence-corrected chi connectivity index (χ0v) is 18.8. The van der Waals surface area contributed by atoms with Gasteiger partial charge < -0.3 is 11.1 Å². The van der Waals surface area contributed by atoms with Crippen LogP contribution in [0.3, 0.4) is 0 Å². The van der Waals surface area contributed by atoms with Crippen molar-refractivity contribution in [2.24, 2.45) is 0 Å². The van der Waals surface area contributed by atoms with Crippen molar-refractivity contribution in [3.05, 3.63) is 12.2 Å². The second-order valence-electron chi connectivity index (χ2n) is 8.06. The molecule has 4 N–H and O–H groups in total. The zero-order valence-electron chi connectivity index (χ0n) is 18.8. The van der Waals surface area contributed by atoms with E-state index in [2.05, 4.69) is 30.1 Å². The molecule has 0 aromatic carbocycles. The Morgan fingerprint density at radius 1 is 0.821 bits per heavy atom. The van der Waals surface area contributed by atoms with Crippen LogP contribution in [0.2, 0.25) is 0 Å². The Balaban J connectivity index is 3.47. The maximum Gasteiger partial charge on any atom is 0.220 e. The van der Waals surface area contributed by atoms with Crippen molar-refractivity contribution in [2.75, 3.05) is 6.54 Å². The van der Waals surface area contributed by atoms with Crippen LogP contribution in [-0.2, 0) is 9.59 Å². The van der Waals surface area contributed by atoms with E-state index in [4.69, 9.17) is 0 Å². The smallest absolute Gasteiger partial charge is 0.220 e. The minimum Gasteiger partial charge on any atom is -0.358 e. The van der Waals surface area contributed by atoms with E-state index in [9.17, 15) is 9.59 Å². The summed E-state index contributed by atoms with van der Waals surface area (Å²) in [6.45, 7) is 4.61. The average molecular weight is 396 g/mol. The highest BCUT2D eigenvalue weighted by molar-refractivity contribution is 5.87. The van der Waals surface area contributed by atoms with Crippen molar-refractivity contribution in [1.29, 1.82) is 0 Å². The number of ketones is 1. The third-order valence-electron chi connectivity index (χ3n) is 5.23. The van der Waals surface area contributed by atoms with Gasteiger partial charge in [0.1, 0.15) is 0 Å². The van der Waals surface area contributed by atoms with Gasteiger partial charge in [0.05, 0.1) is 12.6 Å². The number of quaternary nitrogens is 1. The number of carbonyl (C=O) groups is 2. The molecule has 4 heteroatoms. The van der Waals surface area contributed by atoms with Crippen molar-refractivity contribution in [1.82, 2.24) is 5.32 Å². The average Bonchev–Trinajstić information content (AvgIpc) is 2.67. The van der Waals surface area contributed by atoms with Crippen molar-refractivity contribution >= 4 is 11.7 Å². The molecule has 0 spiro atoms. The summed E-state index contributed by atoms with van der Waals surface area (Å²) in [7, 11) is 0. The minimum atomic E-state index is -0.322. The summed E-state index contributed by atoms with van der Waals surface area (Å²) in [6, 6.07) is -0.322. The van der Waals surface area contributed by atoms with Crippen LogP contribution in [-0.4, -0.2) is 24.3 Å². The quantitative estimate of drug-likeness (QED) is 0.222. The van der Waals surface area contributed by atoms with Gasteiger partial charge in [-0.25, -0.2) is 0 Å².